The van der Waals surface area contributed by atoms with Gasteiger partial charge >= 0.3 is 5.97 Å². The number of amides is 1. The molecule has 0 aromatic rings. The Balaban J connectivity index is 4.69. The van der Waals surface area contributed by atoms with Crippen molar-refractivity contribution in [1.82, 2.24) is 5.32 Å². The van der Waals surface area contributed by atoms with Crippen LogP contribution in [0.25, 0.3) is 0 Å². The second kappa shape index (κ2) is 46.6. The number of esters is 1. The van der Waals surface area contributed by atoms with Crippen LogP contribution in [0.5, 0.6) is 0 Å². The summed E-state index contributed by atoms with van der Waals surface area (Å²) in [5.41, 5.74) is 0. The summed E-state index contributed by atoms with van der Waals surface area (Å²) >= 11 is 0. The highest BCUT2D eigenvalue weighted by atomic mass is 16.5. The third-order valence-corrected chi connectivity index (χ3v) is 11.1. The van der Waals surface area contributed by atoms with Crippen molar-refractivity contribution >= 4 is 11.9 Å². The van der Waals surface area contributed by atoms with Gasteiger partial charge in [0.15, 0.2) is 0 Å². The fourth-order valence-electron chi connectivity index (χ4n) is 7.33. The van der Waals surface area contributed by atoms with Gasteiger partial charge in [-0.15, -0.1) is 0 Å². The second-order valence-electron chi connectivity index (χ2n) is 16.8. The largest absolute Gasteiger partial charge is 0.458 e. The van der Waals surface area contributed by atoms with E-state index in [1.807, 2.05) is 6.08 Å². The van der Waals surface area contributed by atoms with Crippen LogP contribution in [0.3, 0.4) is 0 Å². The van der Waals surface area contributed by atoms with E-state index in [4.69, 9.17) is 4.74 Å². The highest BCUT2D eigenvalue weighted by Crippen LogP contribution is 2.16. The Morgan fingerprint density at radius 1 is 0.508 bits per heavy atom. The van der Waals surface area contributed by atoms with Gasteiger partial charge in [-0.1, -0.05) is 236 Å². The van der Waals surface area contributed by atoms with Gasteiger partial charge in [-0.3, -0.25) is 9.59 Å². The van der Waals surface area contributed by atoms with Gasteiger partial charge in [-0.25, -0.2) is 0 Å². The Labute approximate surface area is 365 Å². The van der Waals surface area contributed by atoms with Gasteiger partial charge in [0.25, 0.3) is 0 Å². The number of carbonyl (C=O) groups excluding carboxylic acids is 2. The fourth-order valence-corrected chi connectivity index (χ4v) is 7.33. The molecule has 0 fully saturated rings. The highest BCUT2D eigenvalue weighted by molar-refractivity contribution is 5.78. The van der Waals surface area contributed by atoms with Crippen LogP contribution in [-0.2, 0) is 14.3 Å². The summed E-state index contributed by atoms with van der Waals surface area (Å²) < 4.78 is 5.81. The highest BCUT2D eigenvalue weighted by Gasteiger charge is 2.23. The summed E-state index contributed by atoms with van der Waals surface area (Å²) in [5.74, 6) is -0.626. The van der Waals surface area contributed by atoms with Gasteiger partial charge in [-0.05, 0) is 51.0 Å². The molecule has 0 radical (unpaired) electrons. The molecular formula is C53H95NO5. The van der Waals surface area contributed by atoms with Gasteiger partial charge < -0.3 is 20.3 Å². The van der Waals surface area contributed by atoms with Crippen LogP contribution in [0.15, 0.2) is 60.8 Å². The van der Waals surface area contributed by atoms with Crippen molar-refractivity contribution in [3.63, 3.8) is 0 Å². The molecule has 6 nitrogen and oxygen atoms in total. The summed E-state index contributed by atoms with van der Waals surface area (Å²) in [6.45, 7) is 6.33. The molecule has 3 atom stereocenters. The first-order valence-corrected chi connectivity index (χ1v) is 25.0. The van der Waals surface area contributed by atoms with Crippen LogP contribution < -0.4 is 5.32 Å². The molecule has 342 valence electrons. The number of carbonyl (C=O) groups is 2. The van der Waals surface area contributed by atoms with Crippen LogP contribution in [-0.4, -0.2) is 46.9 Å². The van der Waals surface area contributed by atoms with Gasteiger partial charge in [0.1, 0.15) is 6.10 Å². The lowest BCUT2D eigenvalue weighted by molar-refractivity contribution is -0.148. The Morgan fingerprint density at radius 2 is 0.881 bits per heavy atom. The number of allylic oxidation sites excluding steroid dienone is 9. The summed E-state index contributed by atoms with van der Waals surface area (Å²) in [7, 11) is 0. The quantitative estimate of drug-likeness (QED) is 0.0323. The summed E-state index contributed by atoms with van der Waals surface area (Å²) in [6.07, 6.45) is 57.4. The van der Waals surface area contributed by atoms with E-state index in [0.29, 0.717) is 19.3 Å². The molecule has 59 heavy (non-hydrogen) atoms. The maximum atomic E-state index is 13.1. The van der Waals surface area contributed by atoms with Crippen LogP contribution in [0.2, 0.25) is 0 Å². The normalized spacial score (nSPS) is 13.8. The number of rotatable bonds is 44. The fraction of sp³-hybridized carbons (Fsp3) is 0.774. The number of ether oxygens (including phenoxy) is 1. The van der Waals surface area contributed by atoms with Crippen molar-refractivity contribution < 1.29 is 24.5 Å². The average molecular weight is 826 g/mol. The zero-order valence-electron chi connectivity index (χ0n) is 38.9. The predicted octanol–water partition coefficient (Wildman–Crippen LogP) is 14.8. The van der Waals surface area contributed by atoms with Crippen molar-refractivity contribution in [2.45, 2.75) is 257 Å². The molecule has 0 spiro atoms. The molecule has 3 unspecified atom stereocenters. The van der Waals surface area contributed by atoms with Crippen LogP contribution in [0, 0.1) is 0 Å². The van der Waals surface area contributed by atoms with E-state index in [1.165, 1.54) is 128 Å². The molecular weight excluding hydrogens is 731 g/mol. The van der Waals surface area contributed by atoms with E-state index >= 15 is 0 Å². The molecule has 0 bridgehead atoms. The zero-order valence-corrected chi connectivity index (χ0v) is 38.9. The molecule has 0 aliphatic carbocycles. The summed E-state index contributed by atoms with van der Waals surface area (Å²) in [4.78, 5) is 26.0. The van der Waals surface area contributed by atoms with Crippen molar-refractivity contribution in [2.75, 3.05) is 6.61 Å². The van der Waals surface area contributed by atoms with E-state index in [2.05, 4.69) is 74.7 Å². The van der Waals surface area contributed by atoms with E-state index in [1.54, 1.807) is 6.08 Å². The van der Waals surface area contributed by atoms with E-state index in [0.717, 1.165) is 64.2 Å². The molecule has 0 saturated carbocycles. The minimum Gasteiger partial charge on any atom is -0.458 e. The van der Waals surface area contributed by atoms with Crippen molar-refractivity contribution in [3.8, 4) is 0 Å². The molecule has 0 aromatic carbocycles. The Hall–Kier alpha value is -2.44. The number of aliphatic hydroxyl groups excluding tert-OH is 2. The first-order valence-electron chi connectivity index (χ1n) is 25.0. The lowest BCUT2D eigenvalue weighted by Crippen LogP contribution is -2.46. The van der Waals surface area contributed by atoms with E-state index < -0.39 is 18.2 Å². The first-order chi connectivity index (χ1) is 29.0. The molecule has 6 heteroatoms. The minimum atomic E-state index is -0.818. The van der Waals surface area contributed by atoms with Crippen LogP contribution in [0.1, 0.15) is 239 Å². The Morgan fingerprint density at radius 3 is 1.29 bits per heavy atom. The summed E-state index contributed by atoms with van der Waals surface area (Å²) in [6, 6.07) is -0.741. The molecule has 0 heterocycles. The number of unbranched alkanes of at least 4 members (excludes halogenated alkanes) is 24. The number of hydrogen-bond donors (Lipinski definition) is 3. The summed E-state index contributed by atoms with van der Waals surface area (Å²) in [5, 5.41) is 23.7. The number of nitrogens with one attached hydrogen (secondary N) is 1. The molecule has 0 rings (SSSR count). The van der Waals surface area contributed by atoms with Crippen molar-refractivity contribution in [1.29, 1.82) is 0 Å². The van der Waals surface area contributed by atoms with Gasteiger partial charge in [0.05, 0.1) is 25.2 Å². The maximum Gasteiger partial charge on any atom is 0.306 e. The maximum absolute atomic E-state index is 13.1. The molecule has 0 aliphatic rings. The molecule has 0 aliphatic heterocycles. The number of hydrogen-bond acceptors (Lipinski definition) is 5. The van der Waals surface area contributed by atoms with Crippen LogP contribution >= 0.6 is 0 Å². The Kier molecular flexibility index (Phi) is 44.7. The van der Waals surface area contributed by atoms with Crippen molar-refractivity contribution in [3.05, 3.63) is 60.8 Å². The van der Waals surface area contributed by atoms with E-state index in [-0.39, 0.29) is 24.9 Å². The van der Waals surface area contributed by atoms with Crippen LogP contribution in [0.4, 0.5) is 0 Å². The topological polar surface area (TPSA) is 95.9 Å². The van der Waals surface area contributed by atoms with Gasteiger partial charge in [-0.2, -0.15) is 0 Å². The SMILES string of the molecule is CC/C=C/C/C=C/C/C=C/C/C=C/C/C=C/C(CC(=O)NC(CO)C(O)CCCCCCCCCCCCCCCCC)OC(=O)CCCCCCCCCCCCC. The third kappa shape index (κ3) is 42.1. The molecule has 3 N–H and O–H groups in total. The van der Waals surface area contributed by atoms with Gasteiger partial charge in [0, 0.05) is 6.42 Å². The third-order valence-electron chi connectivity index (χ3n) is 11.1. The zero-order chi connectivity index (χ0) is 43.1. The smallest absolute Gasteiger partial charge is 0.306 e. The van der Waals surface area contributed by atoms with E-state index in [9.17, 15) is 19.8 Å². The minimum absolute atomic E-state index is 0.0448. The Bertz CT molecular complexity index is 1060. The molecule has 0 aromatic heterocycles. The second-order valence-corrected chi connectivity index (χ2v) is 16.8. The van der Waals surface area contributed by atoms with Crippen molar-refractivity contribution in [2.24, 2.45) is 0 Å². The average Bonchev–Trinajstić information content (AvgIpc) is 3.23. The first kappa shape index (κ1) is 56.6. The van der Waals surface area contributed by atoms with Gasteiger partial charge in [0.2, 0.25) is 5.91 Å². The standard InChI is InChI=1S/C53H95NO5/c1-4-7-10-13-16-19-22-24-26-28-31-33-36-39-42-45-51(56)50(48-55)54-52(57)47-49(44-41-38-35-32-30-27-25-23-20-17-14-11-8-5-2)59-53(58)46-43-40-37-34-29-21-18-15-12-9-6-3/h8,11,17,20,25,27,32,35,41,44,49-51,55-56H,4-7,9-10,12-16,18-19,21-24,26,28-31,33-34,36-40,42-43,45-48H2,1-3H3,(H,54,57)/b11-8+,20-17+,27-25+,35-32+,44-41+. The molecule has 0 saturated heterocycles. The number of aliphatic hydroxyl groups is 2. The monoisotopic (exact) mass is 826 g/mol. The molecule has 1 amide bonds. The lowest BCUT2D eigenvalue weighted by Gasteiger charge is -2.23. The predicted molar refractivity (Wildman–Crippen MR) is 255 cm³/mol. The lowest BCUT2D eigenvalue weighted by atomic mass is 10.0.